The number of carbonyl (C=O) groups is 2. The number of carbonyl (C=O) groups excluding carboxylic acids is 2. The summed E-state index contributed by atoms with van der Waals surface area (Å²) in [6.45, 7) is 12.4. The van der Waals surface area contributed by atoms with Crippen LogP contribution in [0.15, 0.2) is 63.7 Å². The van der Waals surface area contributed by atoms with Gasteiger partial charge in [0.2, 0.25) is 15.9 Å². The minimum Gasteiger partial charge on any atom is -0.457 e. The summed E-state index contributed by atoms with van der Waals surface area (Å²) in [5.41, 5.74) is 0.0824. The minimum atomic E-state index is -4.37. The van der Waals surface area contributed by atoms with Crippen LogP contribution < -0.4 is 26.2 Å². The second kappa shape index (κ2) is 20.1. The normalized spacial score (nSPS) is 15.9. The van der Waals surface area contributed by atoms with Gasteiger partial charge < -0.3 is 31.1 Å². The van der Waals surface area contributed by atoms with Crippen molar-refractivity contribution < 1.29 is 42.8 Å². The monoisotopic (exact) mass is 791 g/mol. The van der Waals surface area contributed by atoms with Gasteiger partial charge >= 0.3 is 0 Å². The lowest BCUT2D eigenvalue weighted by molar-refractivity contribution is -0.139. The number of halogens is 1. The largest absolute Gasteiger partial charge is 0.457 e. The van der Waals surface area contributed by atoms with Crippen LogP contribution in [0.3, 0.4) is 0 Å². The zero-order valence-corrected chi connectivity index (χ0v) is 33.5. The van der Waals surface area contributed by atoms with E-state index in [1.807, 2.05) is 27.7 Å². The van der Waals surface area contributed by atoms with E-state index in [2.05, 4.69) is 26.3 Å². The first-order chi connectivity index (χ1) is 25.9. The molecule has 0 saturated heterocycles. The number of hydrogen-bond donors (Lipinski definition) is 7. The summed E-state index contributed by atoms with van der Waals surface area (Å²) in [5, 5.41) is 44.6. The van der Waals surface area contributed by atoms with Crippen molar-refractivity contribution in [1.29, 1.82) is 0 Å². The fourth-order valence-corrected chi connectivity index (χ4v) is 8.28. The van der Waals surface area contributed by atoms with E-state index < -0.39 is 44.3 Å². The highest BCUT2D eigenvalue weighted by atomic mass is 32.2. The first kappa shape index (κ1) is 45.2. The van der Waals surface area contributed by atoms with Crippen LogP contribution in [-0.2, 0) is 19.6 Å². The molecule has 0 radical (unpaired) electrons. The molecule has 0 aliphatic heterocycles. The van der Waals surface area contributed by atoms with Crippen molar-refractivity contribution in [2.45, 2.75) is 114 Å². The third-order valence-corrected chi connectivity index (χ3v) is 12.6. The number of nitrogens with one attached hydrogen (secondary N) is 4. The molecule has 15 nitrogen and oxygen atoms in total. The summed E-state index contributed by atoms with van der Waals surface area (Å²) in [4.78, 5) is 26.3. The Labute approximate surface area is 323 Å². The molecule has 1 aliphatic rings. The Hall–Kier alpha value is -4.16. The van der Waals surface area contributed by atoms with Crippen molar-refractivity contribution in [2.75, 3.05) is 26.2 Å². The summed E-state index contributed by atoms with van der Waals surface area (Å²) < 4.78 is 48.5. The molecule has 55 heavy (non-hydrogen) atoms. The smallest absolute Gasteiger partial charge is 0.264 e. The molecule has 0 aromatic heterocycles. The number of rotatable bonds is 22. The Bertz CT molecular complexity index is 1690. The van der Waals surface area contributed by atoms with E-state index in [0.29, 0.717) is 61.8 Å². The predicted molar refractivity (Wildman–Crippen MR) is 207 cm³/mol. The molecular formula is C38H58FN7O8S. The number of nitrogens with zero attached hydrogens (tertiary/aromatic N) is 3. The van der Waals surface area contributed by atoms with Gasteiger partial charge in [0.1, 0.15) is 22.9 Å². The molecule has 0 heterocycles. The molecule has 17 heteroatoms. The molecule has 1 aliphatic carbocycles. The predicted octanol–water partition coefficient (Wildman–Crippen LogP) is 5.16. The molecule has 2 aromatic carbocycles. The van der Waals surface area contributed by atoms with Crippen LogP contribution in [0, 0.1) is 11.7 Å². The summed E-state index contributed by atoms with van der Waals surface area (Å²) in [7, 11) is -4.37. The van der Waals surface area contributed by atoms with Crippen molar-refractivity contribution in [1.82, 2.24) is 25.7 Å². The summed E-state index contributed by atoms with van der Waals surface area (Å²) in [6, 6.07) is 10.9. The molecule has 3 rings (SSSR count). The highest BCUT2D eigenvalue weighted by Crippen LogP contribution is 2.39. The first-order valence-electron chi connectivity index (χ1n) is 18.6. The average Bonchev–Trinajstić information content (AvgIpc) is 3.65. The summed E-state index contributed by atoms with van der Waals surface area (Å²) in [6.07, 6.45) is 3.29. The van der Waals surface area contributed by atoms with E-state index in [0.717, 1.165) is 17.1 Å². The lowest BCUT2D eigenvalue weighted by atomic mass is 9.94. The Balaban J connectivity index is 1.72. The van der Waals surface area contributed by atoms with E-state index in [4.69, 9.17) is 4.74 Å². The van der Waals surface area contributed by atoms with Crippen LogP contribution in [-0.4, -0.2) is 94.4 Å². The van der Waals surface area contributed by atoms with Gasteiger partial charge in [-0.15, -0.1) is 0 Å². The van der Waals surface area contributed by atoms with Crippen LogP contribution >= 0.6 is 0 Å². The number of amides is 2. The second-order valence-electron chi connectivity index (χ2n) is 15.1. The Morgan fingerprint density at radius 3 is 1.80 bits per heavy atom. The van der Waals surface area contributed by atoms with Crippen LogP contribution in [0.4, 0.5) is 4.39 Å². The van der Waals surface area contributed by atoms with Gasteiger partial charge in [0.25, 0.3) is 5.91 Å². The first-order valence-corrected chi connectivity index (χ1v) is 20.0. The van der Waals surface area contributed by atoms with Gasteiger partial charge in [0.15, 0.2) is 0 Å². The van der Waals surface area contributed by atoms with Crippen molar-refractivity contribution >= 4 is 33.3 Å². The molecule has 2 aromatic rings. The van der Waals surface area contributed by atoms with Crippen molar-refractivity contribution in [2.24, 2.45) is 16.2 Å². The molecule has 0 atom stereocenters. The molecule has 306 valence electrons. The summed E-state index contributed by atoms with van der Waals surface area (Å²) in [5.74, 6) is -0.881. The zero-order valence-electron chi connectivity index (χ0n) is 32.7. The van der Waals surface area contributed by atoms with Crippen LogP contribution in [0.1, 0.15) is 92.9 Å². The maximum absolute atomic E-state index is 14.2. The zero-order chi connectivity index (χ0) is 40.9. The standard InChI is InChI=1S/C38H58FN7O8S/c1-27(43-49)36(3,4)41-24-18-29(19-25-42-37(5,6)28(2)44-50)17-23-40-34(47)20-26-46(38(35(48)45-51)21-7-8-22-38)55(52,53)33-15-13-32(14-16-33)54-31-11-9-30(39)10-12-31/h9-16,29,41-42,49-51H,7-8,17-26H2,1-6H3,(H,40,47)(H,45,48)/b43-27-,44-28-. The fraction of sp³-hybridized carbons (Fsp3) is 0.579. The SMILES string of the molecule is C/C(=N/O)C(C)(C)NCCC(CCNC(=O)CCN(C1(C(=O)NO)CCCC1)S(=O)(=O)c1ccc(Oc2ccc(F)cc2)cc1)CCNC(C)(C)/C(C)=N\O. The lowest BCUT2D eigenvalue weighted by Crippen LogP contribution is -2.59. The van der Waals surface area contributed by atoms with E-state index in [1.165, 1.54) is 48.5 Å². The van der Waals surface area contributed by atoms with Gasteiger partial charge in [-0.25, -0.2) is 18.3 Å². The quantitative estimate of drug-likeness (QED) is 0.0360. The highest BCUT2D eigenvalue weighted by molar-refractivity contribution is 7.89. The molecule has 1 fully saturated rings. The van der Waals surface area contributed by atoms with Crippen molar-refractivity contribution in [3.8, 4) is 11.5 Å². The second-order valence-corrected chi connectivity index (χ2v) is 17.0. The Morgan fingerprint density at radius 1 is 0.855 bits per heavy atom. The molecule has 1 saturated carbocycles. The number of ether oxygens (including phenoxy) is 1. The molecule has 2 amide bonds. The Kier molecular flexibility index (Phi) is 16.6. The van der Waals surface area contributed by atoms with E-state index >= 15 is 0 Å². The van der Waals surface area contributed by atoms with Crippen LogP contribution in [0.2, 0.25) is 0 Å². The maximum atomic E-state index is 14.2. The van der Waals surface area contributed by atoms with Crippen molar-refractivity contribution in [3.05, 3.63) is 54.3 Å². The molecule has 0 bridgehead atoms. The van der Waals surface area contributed by atoms with Gasteiger partial charge in [0.05, 0.1) is 27.4 Å². The highest BCUT2D eigenvalue weighted by Gasteiger charge is 2.51. The topological polar surface area (TPSA) is 214 Å². The maximum Gasteiger partial charge on any atom is 0.264 e. The molecule has 0 spiro atoms. The number of hydroxylamine groups is 1. The molecular weight excluding hydrogens is 734 g/mol. The number of oxime groups is 2. The molecule has 0 unspecified atom stereocenters. The van der Waals surface area contributed by atoms with E-state index in [1.54, 1.807) is 19.3 Å². The fourth-order valence-electron chi connectivity index (χ4n) is 6.49. The lowest BCUT2D eigenvalue weighted by Gasteiger charge is -2.38. The third-order valence-electron chi connectivity index (χ3n) is 10.7. The number of benzene rings is 2. The van der Waals surface area contributed by atoms with E-state index in [9.17, 15) is 38.0 Å². The molecule has 7 N–H and O–H groups in total. The van der Waals surface area contributed by atoms with Gasteiger partial charge in [-0.2, -0.15) is 4.31 Å². The van der Waals surface area contributed by atoms with Gasteiger partial charge in [0, 0.05) is 19.5 Å². The number of hydrogen-bond acceptors (Lipinski definition) is 12. The van der Waals surface area contributed by atoms with Gasteiger partial charge in [-0.3, -0.25) is 14.8 Å². The van der Waals surface area contributed by atoms with Gasteiger partial charge in [-0.05, 0) is 141 Å². The Morgan fingerprint density at radius 2 is 1.33 bits per heavy atom. The average molecular weight is 792 g/mol. The van der Waals surface area contributed by atoms with Crippen molar-refractivity contribution in [3.63, 3.8) is 0 Å². The third kappa shape index (κ3) is 12.4. The van der Waals surface area contributed by atoms with E-state index in [-0.39, 0.29) is 36.6 Å². The van der Waals surface area contributed by atoms with Crippen LogP contribution in [0.5, 0.6) is 11.5 Å². The number of sulfonamides is 1. The van der Waals surface area contributed by atoms with Crippen LogP contribution in [0.25, 0.3) is 0 Å². The van der Waals surface area contributed by atoms with Gasteiger partial charge in [-0.1, -0.05) is 23.2 Å². The summed E-state index contributed by atoms with van der Waals surface area (Å²) >= 11 is 0. The minimum absolute atomic E-state index is 0.131.